The van der Waals surface area contributed by atoms with Gasteiger partial charge in [0.15, 0.2) is 5.96 Å². The van der Waals surface area contributed by atoms with Crippen LogP contribution >= 0.6 is 24.0 Å². The lowest BCUT2D eigenvalue weighted by atomic mass is 10.4. The van der Waals surface area contributed by atoms with Crippen LogP contribution in [0.2, 0.25) is 0 Å². The summed E-state index contributed by atoms with van der Waals surface area (Å²) in [5.74, 6) is 1.67. The number of guanidine groups is 1. The molecule has 5 nitrogen and oxygen atoms in total. The zero-order valence-corrected chi connectivity index (χ0v) is 14.8. The summed E-state index contributed by atoms with van der Waals surface area (Å²) >= 11 is 0. The second kappa shape index (κ2) is 12.0. The van der Waals surface area contributed by atoms with Crippen LogP contribution in [0.1, 0.15) is 33.0 Å². The Hall–Kier alpha value is -0.760. The van der Waals surface area contributed by atoms with E-state index in [4.69, 9.17) is 9.15 Å². The molecule has 0 unspecified atom stereocenters. The molecule has 0 aliphatic rings. The third-order valence-electron chi connectivity index (χ3n) is 2.38. The summed E-state index contributed by atoms with van der Waals surface area (Å²) in [4.78, 5) is 4.45. The van der Waals surface area contributed by atoms with E-state index < -0.39 is 0 Å². The second-order valence-corrected chi connectivity index (χ2v) is 4.47. The van der Waals surface area contributed by atoms with E-state index in [2.05, 4.69) is 15.6 Å². The molecule has 0 bridgehead atoms. The Bertz CT molecular complexity index is 353. The fourth-order valence-corrected chi connectivity index (χ4v) is 1.50. The van der Waals surface area contributed by atoms with Crippen molar-refractivity contribution in [2.75, 3.05) is 19.7 Å². The Morgan fingerprint density at radius 3 is 2.80 bits per heavy atom. The van der Waals surface area contributed by atoms with Gasteiger partial charge in [-0.1, -0.05) is 0 Å². The highest BCUT2D eigenvalue weighted by atomic mass is 127. The van der Waals surface area contributed by atoms with Crippen LogP contribution in [0.4, 0.5) is 0 Å². The van der Waals surface area contributed by atoms with Crippen LogP contribution in [0.25, 0.3) is 0 Å². The van der Waals surface area contributed by atoms with Gasteiger partial charge >= 0.3 is 0 Å². The molecule has 0 aliphatic carbocycles. The van der Waals surface area contributed by atoms with Crippen molar-refractivity contribution >= 4 is 29.9 Å². The van der Waals surface area contributed by atoms with Crippen molar-refractivity contribution in [1.29, 1.82) is 0 Å². The minimum Gasteiger partial charge on any atom is -0.467 e. The number of aliphatic imine (C=N–C) groups is 1. The molecule has 0 radical (unpaired) electrons. The maximum absolute atomic E-state index is 5.49. The number of hydrogen-bond acceptors (Lipinski definition) is 3. The first-order valence-corrected chi connectivity index (χ1v) is 6.88. The highest BCUT2D eigenvalue weighted by Crippen LogP contribution is 2.01. The zero-order valence-electron chi connectivity index (χ0n) is 12.5. The Morgan fingerprint density at radius 1 is 1.40 bits per heavy atom. The highest BCUT2D eigenvalue weighted by Gasteiger charge is 1.99. The normalized spacial score (nSPS) is 11.3. The molecule has 0 saturated heterocycles. The zero-order chi connectivity index (χ0) is 13.9. The fraction of sp³-hybridized carbons (Fsp3) is 0.643. The molecule has 6 heteroatoms. The Morgan fingerprint density at radius 2 is 2.20 bits per heavy atom. The van der Waals surface area contributed by atoms with Gasteiger partial charge in [-0.15, -0.1) is 24.0 Å². The van der Waals surface area contributed by atoms with Crippen LogP contribution in [0, 0.1) is 0 Å². The minimum atomic E-state index is 0. The first-order valence-electron chi connectivity index (χ1n) is 6.88. The van der Waals surface area contributed by atoms with Crippen molar-refractivity contribution in [3.8, 4) is 0 Å². The van der Waals surface area contributed by atoms with Gasteiger partial charge in [0, 0.05) is 19.7 Å². The smallest absolute Gasteiger partial charge is 0.191 e. The van der Waals surface area contributed by atoms with Crippen LogP contribution in [0.5, 0.6) is 0 Å². The third-order valence-corrected chi connectivity index (χ3v) is 2.38. The first kappa shape index (κ1) is 19.2. The van der Waals surface area contributed by atoms with Crippen molar-refractivity contribution in [2.24, 2.45) is 4.99 Å². The van der Waals surface area contributed by atoms with Crippen LogP contribution in [0.3, 0.4) is 0 Å². The number of furan rings is 1. The molecule has 1 heterocycles. The van der Waals surface area contributed by atoms with Crippen LogP contribution in [-0.4, -0.2) is 31.8 Å². The average Bonchev–Trinajstić information content (AvgIpc) is 2.88. The van der Waals surface area contributed by atoms with Crippen molar-refractivity contribution < 1.29 is 9.15 Å². The van der Waals surface area contributed by atoms with Gasteiger partial charge in [0.1, 0.15) is 12.3 Å². The average molecular weight is 395 g/mol. The largest absolute Gasteiger partial charge is 0.467 e. The molecule has 2 N–H and O–H groups in total. The van der Waals surface area contributed by atoms with Gasteiger partial charge in [-0.05, 0) is 39.3 Å². The fourth-order valence-electron chi connectivity index (χ4n) is 1.50. The Balaban J connectivity index is 0.00000361. The summed E-state index contributed by atoms with van der Waals surface area (Å²) in [6.07, 6.45) is 2.92. The molecule has 1 aromatic rings. The molecule has 0 aliphatic heterocycles. The molecule has 20 heavy (non-hydrogen) atoms. The lowest BCUT2D eigenvalue weighted by molar-refractivity contribution is 0.0776. The molecule has 0 saturated carbocycles. The predicted octanol–water partition coefficient (Wildman–Crippen LogP) is 2.77. The van der Waals surface area contributed by atoms with E-state index in [-0.39, 0.29) is 24.0 Å². The van der Waals surface area contributed by atoms with Crippen molar-refractivity contribution in [3.05, 3.63) is 24.2 Å². The summed E-state index contributed by atoms with van der Waals surface area (Å²) in [6, 6.07) is 3.79. The van der Waals surface area contributed by atoms with Gasteiger partial charge in [-0.25, -0.2) is 4.99 Å². The standard InChI is InChI=1S/C14H25N3O2.HI/c1-4-15-14(16-8-6-10-18-12(2)3)17-11-13-7-5-9-19-13;/h5,7,9,12H,4,6,8,10-11H2,1-3H3,(H2,15,16,17);1H. The van der Waals surface area contributed by atoms with E-state index >= 15 is 0 Å². The van der Waals surface area contributed by atoms with Gasteiger partial charge in [0.25, 0.3) is 0 Å². The monoisotopic (exact) mass is 395 g/mol. The van der Waals surface area contributed by atoms with E-state index in [0.29, 0.717) is 12.6 Å². The van der Waals surface area contributed by atoms with Gasteiger partial charge in [0.2, 0.25) is 0 Å². The van der Waals surface area contributed by atoms with Gasteiger partial charge in [-0.3, -0.25) is 0 Å². The number of nitrogens with one attached hydrogen (secondary N) is 2. The van der Waals surface area contributed by atoms with Crippen LogP contribution in [0.15, 0.2) is 27.8 Å². The van der Waals surface area contributed by atoms with E-state index in [1.807, 2.05) is 32.9 Å². The molecule has 1 rings (SSSR count). The topological polar surface area (TPSA) is 58.8 Å². The number of ether oxygens (including phenoxy) is 1. The highest BCUT2D eigenvalue weighted by molar-refractivity contribution is 14.0. The number of hydrogen-bond donors (Lipinski definition) is 2. The number of rotatable bonds is 8. The summed E-state index contributed by atoms with van der Waals surface area (Å²) in [5.41, 5.74) is 0. The molecule has 0 atom stereocenters. The Labute approximate surface area is 138 Å². The van der Waals surface area contributed by atoms with Gasteiger partial charge in [-0.2, -0.15) is 0 Å². The molecular weight excluding hydrogens is 369 g/mol. The van der Waals surface area contributed by atoms with E-state index in [1.165, 1.54) is 0 Å². The summed E-state index contributed by atoms with van der Waals surface area (Å²) in [5, 5.41) is 6.48. The summed E-state index contributed by atoms with van der Waals surface area (Å²) in [6.45, 7) is 9.13. The lowest BCUT2D eigenvalue weighted by Crippen LogP contribution is -2.38. The van der Waals surface area contributed by atoms with E-state index in [1.54, 1.807) is 6.26 Å². The predicted molar refractivity (Wildman–Crippen MR) is 92.6 cm³/mol. The SMILES string of the molecule is CCNC(=NCc1ccco1)NCCCOC(C)C.I. The Kier molecular flexibility index (Phi) is 11.6. The van der Waals surface area contributed by atoms with Gasteiger partial charge in [0.05, 0.1) is 12.4 Å². The van der Waals surface area contributed by atoms with E-state index in [0.717, 1.165) is 37.8 Å². The number of nitrogens with zero attached hydrogens (tertiary/aromatic N) is 1. The maximum Gasteiger partial charge on any atom is 0.191 e. The molecule has 0 fully saturated rings. The van der Waals surface area contributed by atoms with E-state index in [9.17, 15) is 0 Å². The molecule has 1 aromatic heterocycles. The lowest BCUT2D eigenvalue weighted by Gasteiger charge is -2.11. The van der Waals surface area contributed by atoms with Crippen LogP contribution in [-0.2, 0) is 11.3 Å². The van der Waals surface area contributed by atoms with Crippen molar-refractivity contribution in [1.82, 2.24) is 10.6 Å². The van der Waals surface area contributed by atoms with Crippen LogP contribution < -0.4 is 10.6 Å². The molecule has 0 amide bonds. The molecular formula is C14H26IN3O2. The molecule has 0 aromatic carbocycles. The summed E-state index contributed by atoms with van der Waals surface area (Å²) < 4.78 is 10.7. The maximum atomic E-state index is 5.49. The first-order chi connectivity index (χ1) is 9.22. The van der Waals surface area contributed by atoms with Crippen molar-refractivity contribution in [2.45, 2.75) is 39.8 Å². The quantitative estimate of drug-likeness (QED) is 0.308. The third kappa shape index (κ3) is 9.19. The van der Waals surface area contributed by atoms with Crippen molar-refractivity contribution in [3.63, 3.8) is 0 Å². The minimum absolute atomic E-state index is 0. The molecule has 116 valence electrons. The number of halogens is 1. The summed E-state index contributed by atoms with van der Waals surface area (Å²) in [7, 11) is 0. The second-order valence-electron chi connectivity index (χ2n) is 4.47. The van der Waals surface area contributed by atoms with Gasteiger partial charge < -0.3 is 19.8 Å². The molecule has 0 spiro atoms.